The molecular weight excluding hydrogens is 395 g/mol. The summed E-state index contributed by atoms with van der Waals surface area (Å²) in [5.41, 5.74) is 1.15. The summed E-state index contributed by atoms with van der Waals surface area (Å²) in [7, 11) is 0. The van der Waals surface area contributed by atoms with Crippen LogP contribution in [0.3, 0.4) is 0 Å². The second-order valence-electron chi connectivity index (χ2n) is 5.65. The van der Waals surface area contributed by atoms with Crippen molar-refractivity contribution in [2.45, 2.75) is 6.42 Å². The van der Waals surface area contributed by atoms with Crippen molar-refractivity contribution < 1.29 is 19.0 Å². The molecule has 2 heterocycles. The highest BCUT2D eigenvalue weighted by atomic mass is 79.9. The minimum absolute atomic E-state index is 0.0860. The van der Waals surface area contributed by atoms with Crippen molar-refractivity contribution in [2.24, 2.45) is 5.92 Å². The Hall–Kier alpha value is -2.26. The predicted molar refractivity (Wildman–Crippen MR) is 93.0 cm³/mol. The maximum absolute atomic E-state index is 13.5. The highest BCUT2D eigenvalue weighted by Gasteiger charge is 2.22. The fourth-order valence-electron chi connectivity index (χ4n) is 2.54. The van der Waals surface area contributed by atoms with Crippen LogP contribution in [0.25, 0.3) is 0 Å². The monoisotopic (exact) mass is 410 g/mol. The molecule has 0 saturated heterocycles. The van der Waals surface area contributed by atoms with Crippen LogP contribution in [-0.4, -0.2) is 40.7 Å². The van der Waals surface area contributed by atoms with Crippen molar-refractivity contribution in [3.8, 4) is 5.88 Å². The average molecular weight is 411 g/mol. The van der Waals surface area contributed by atoms with Gasteiger partial charge in [0.25, 0.3) is 5.91 Å². The summed E-state index contributed by atoms with van der Waals surface area (Å²) >= 11 is 3.26. The summed E-state index contributed by atoms with van der Waals surface area (Å²) in [6.45, 7) is 0.207. The molecule has 2 aromatic rings. The van der Waals surface area contributed by atoms with Crippen LogP contribution in [0.1, 0.15) is 5.56 Å². The molecule has 0 saturated carbocycles. The maximum Gasteiger partial charge on any atom is 0.262 e. The molecule has 1 aliphatic rings. The van der Waals surface area contributed by atoms with Crippen LogP contribution >= 0.6 is 15.9 Å². The zero-order valence-corrected chi connectivity index (χ0v) is 14.7. The molecule has 0 fully saturated rings. The van der Waals surface area contributed by atoms with Gasteiger partial charge in [0.05, 0.1) is 0 Å². The number of hydrogen-bond donors (Lipinski definition) is 3. The summed E-state index contributed by atoms with van der Waals surface area (Å²) in [6, 6.07) is 4.63. The van der Waals surface area contributed by atoms with Gasteiger partial charge < -0.3 is 20.5 Å². The smallest absolute Gasteiger partial charge is 0.262 e. The number of aliphatic hydroxyl groups excluding tert-OH is 1. The SMILES string of the molecule is O=C1COc2ncnc(NCC(CO)Cc3cc(F)cc(Br)c3)c2N1. The molecule has 1 aromatic carbocycles. The van der Waals surface area contributed by atoms with Gasteiger partial charge in [-0.05, 0) is 30.2 Å². The molecule has 3 N–H and O–H groups in total. The van der Waals surface area contributed by atoms with Crippen molar-refractivity contribution in [3.05, 3.63) is 40.4 Å². The Kier molecular flexibility index (Phi) is 5.44. The molecule has 1 unspecified atom stereocenters. The Morgan fingerprint density at radius 3 is 3.00 bits per heavy atom. The van der Waals surface area contributed by atoms with Gasteiger partial charge in [0, 0.05) is 23.5 Å². The maximum atomic E-state index is 13.5. The van der Waals surface area contributed by atoms with E-state index in [1.807, 2.05) is 6.07 Å². The number of rotatable bonds is 6. The number of aromatic nitrogens is 2. The number of fused-ring (bicyclic) bond motifs is 1. The Morgan fingerprint density at radius 1 is 1.40 bits per heavy atom. The zero-order chi connectivity index (χ0) is 17.8. The molecular formula is C16H16BrFN4O3. The number of carbonyl (C=O) groups excluding carboxylic acids is 1. The third-order valence-electron chi connectivity index (χ3n) is 3.68. The first-order valence-corrected chi connectivity index (χ1v) is 8.42. The first-order valence-electron chi connectivity index (χ1n) is 7.62. The van der Waals surface area contributed by atoms with E-state index in [1.54, 1.807) is 0 Å². The Labute approximate surface area is 151 Å². The van der Waals surface area contributed by atoms with Crippen LogP contribution in [0.15, 0.2) is 29.0 Å². The van der Waals surface area contributed by atoms with Gasteiger partial charge >= 0.3 is 0 Å². The number of carbonyl (C=O) groups is 1. The first-order chi connectivity index (χ1) is 12.0. The molecule has 3 rings (SSSR count). The fourth-order valence-corrected chi connectivity index (χ4v) is 3.05. The lowest BCUT2D eigenvalue weighted by Gasteiger charge is -2.21. The summed E-state index contributed by atoms with van der Waals surface area (Å²) in [4.78, 5) is 19.5. The van der Waals surface area contributed by atoms with E-state index in [1.165, 1.54) is 18.5 Å². The van der Waals surface area contributed by atoms with Crippen molar-refractivity contribution in [1.29, 1.82) is 0 Å². The molecule has 0 aliphatic carbocycles. The molecule has 1 aliphatic heterocycles. The van der Waals surface area contributed by atoms with Gasteiger partial charge in [0.2, 0.25) is 5.88 Å². The number of nitrogens with zero attached hydrogens (tertiary/aromatic N) is 2. The molecule has 9 heteroatoms. The summed E-state index contributed by atoms with van der Waals surface area (Å²) in [5, 5.41) is 15.4. The van der Waals surface area contributed by atoms with Crippen molar-refractivity contribution in [2.75, 3.05) is 30.4 Å². The Morgan fingerprint density at radius 2 is 2.24 bits per heavy atom. The summed E-state index contributed by atoms with van der Waals surface area (Å²) in [6.07, 6.45) is 1.81. The highest BCUT2D eigenvalue weighted by molar-refractivity contribution is 9.10. The molecule has 1 atom stereocenters. The van der Waals surface area contributed by atoms with Gasteiger partial charge in [0.15, 0.2) is 12.4 Å². The predicted octanol–water partition coefficient (Wildman–Crippen LogP) is 1.97. The number of hydrogen-bond acceptors (Lipinski definition) is 6. The van der Waals surface area contributed by atoms with Gasteiger partial charge in [-0.1, -0.05) is 15.9 Å². The lowest BCUT2D eigenvalue weighted by molar-refractivity contribution is -0.118. The highest BCUT2D eigenvalue weighted by Crippen LogP contribution is 2.31. The van der Waals surface area contributed by atoms with Gasteiger partial charge in [-0.2, -0.15) is 4.98 Å². The quantitative estimate of drug-likeness (QED) is 0.673. The van der Waals surface area contributed by atoms with Crippen molar-refractivity contribution >= 4 is 33.3 Å². The van der Waals surface area contributed by atoms with Crippen LogP contribution in [0.2, 0.25) is 0 Å². The second-order valence-corrected chi connectivity index (χ2v) is 6.57. The number of anilines is 2. The van der Waals surface area contributed by atoms with E-state index in [0.717, 1.165) is 5.56 Å². The third kappa shape index (κ3) is 4.43. The van der Waals surface area contributed by atoms with Crippen LogP contribution in [0.5, 0.6) is 5.88 Å². The van der Waals surface area contributed by atoms with Crippen LogP contribution in [0.4, 0.5) is 15.9 Å². The lowest BCUT2D eigenvalue weighted by atomic mass is 10.00. The van der Waals surface area contributed by atoms with Gasteiger partial charge in [-0.15, -0.1) is 0 Å². The normalized spacial score (nSPS) is 14.3. The number of nitrogens with one attached hydrogen (secondary N) is 2. The van der Waals surface area contributed by atoms with Crippen molar-refractivity contribution in [1.82, 2.24) is 9.97 Å². The van der Waals surface area contributed by atoms with Crippen LogP contribution < -0.4 is 15.4 Å². The fraction of sp³-hybridized carbons (Fsp3) is 0.312. The van der Waals surface area contributed by atoms with E-state index < -0.39 is 0 Å². The van der Waals surface area contributed by atoms with Gasteiger partial charge in [-0.25, -0.2) is 9.37 Å². The molecule has 1 amide bonds. The number of benzene rings is 1. The Bertz CT molecular complexity index is 770. The van der Waals surface area contributed by atoms with Crippen molar-refractivity contribution in [3.63, 3.8) is 0 Å². The third-order valence-corrected chi connectivity index (χ3v) is 4.14. The van der Waals surface area contributed by atoms with E-state index >= 15 is 0 Å². The number of amides is 1. The lowest BCUT2D eigenvalue weighted by Crippen LogP contribution is -2.28. The number of aliphatic hydroxyl groups is 1. The zero-order valence-electron chi connectivity index (χ0n) is 13.1. The van der Waals surface area contributed by atoms with E-state index in [4.69, 9.17) is 4.74 Å². The molecule has 0 spiro atoms. The molecule has 0 bridgehead atoms. The first kappa shape index (κ1) is 17.6. The largest absolute Gasteiger partial charge is 0.466 e. The molecule has 132 valence electrons. The van der Waals surface area contributed by atoms with E-state index in [9.17, 15) is 14.3 Å². The Balaban J connectivity index is 1.68. The topological polar surface area (TPSA) is 96.4 Å². The minimum Gasteiger partial charge on any atom is -0.466 e. The molecule has 1 aromatic heterocycles. The van der Waals surface area contributed by atoms with Crippen LogP contribution in [0, 0.1) is 11.7 Å². The number of halogens is 2. The van der Waals surface area contributed by atoms with E-state index in [2.05, 4.69) is 36.5 Å². The van der Waals surface area contributed by atoms with Gasteiger partial charge in [0.1, 0.15) is 17.8 Å². The molecule has 25 heavy (non-hydrogen) atoms. The van der Waals surface area contributed by atoms with Crippen LogP contribution in [-0.2, 0) is 11.2 Å². The van der Waals surface area contributed by atoms with E-state index in [0.29, 0.717) is 34.8 Å². The summed E-state index contributed by atoms with van der Waals surface area (Å²) < 4.78 is 19.4. The molecule has 7 nitrogen and oxygen atoms in total. The van der Waals surface area contributed by atoms with Gasteiger partial charge in [-0.3, -0.25) is 4.79 Å². The molecule has 0 radical (unpaired) electrons. The second kappa shape index (κ2) is 7.75. The standard InChI is InChI=1S/C16H16BrFN4O3/c17-11-2-9(3-12(18)4-11)1-10(6-23)5-19-15-14-16(21-8-20-15)25-7-13(24)22-14/h2-4,8,10,23H,1,5-7H2,(H,22,24)(H,19,20,21). The van der Waals surface area contributed by atoms with E-state index in [-0.39, 0.29) is 30.9 Å². The average Bonchev–Trinajstić information content (AvgIpc) is 2.57. The number of ether oxygens (including phenoxy) is 1. The summed E-state index contributed by atoms with van der Waals surface area (Å²) in [5.74, 6) is -0.0735. The minimum atomic E-state index is -0.334.